The second-order valence-corrected chi connectivity index (χ2v) is 5.58. The molecular formula is C16H25NO2. The van der Waals surface area contributed by atoms with Crippen molar-refractivity contribution in [1.82, 2.24) is 0 Å². The van der Waals surface area contributed by atoms with E-state index in [1.165, 1.54) is 25.7 Å². The first-order valence-corrected chi connectivity index (χ1v) is 7.18. The molecule has 19 heavy (non-hydrogen) atoms. The molecule has 0 saturated heterocycles. The number of methoxy groups -OCH3 is 2. The summed E-state index contributed by atoms with van der Waals surface area (Å²) < 4.78 is 10.6. The van der Waals surface area contributed by atoms with E-state index in [0.29, 0.717) is 0 Å². The Morgan fingerprint density at radius 1 is 1.05 bits per heavy atom. The van der Waals surface area contributed by atoms with Crippen LogP contribution in [-0.2, 0) is 0 Å². The fourth-order valence-corrected chi connectivity index (χ4v) is 2.74. The van der Waals surface area contributed by atoms with Gasteiger partial charge in [-0.1, -0.05) is 19.8 Å². The molecule has 1 saturated carbocycles. The Morgan fingerprint density at radius 2 is 1.74 bits per heavy atom. The molecule has 0 unspecified atom stereocenters. The highest BCUT2D eigenvalue weighted by Crippen LogP contribution is 2.31. The molecular weight excluding hydrogens is 238 g/mol. The van der Waals surface area contributed by atoms with Gasteiger partial charge in [0.1, 0.15) is 0 Å². The average molecular weight is 263 g/mol. The molecule has 0 bridgehead atoms. The van der Waals surface area contributed by atoms with Gasteiger partial charge in [0, 0.05) is 18.3 Å². The lowest BCUT2D eigenvalue weighted by Gasteiger charge is -2.26. The number of benzene rings is 1. The minimum atomic E-state index is 0.777. The molecule has 3 nitrogen and oxygen atoms in total. The third kappa shape index (κ3) is 3.79. The van der Waals surface area contributed by atoms with Crippen LogP contribution in [0.1, 0.15) is 32.6 Å². The van der Waals surface area contributed by atoms with Crippen LogP contribution >= 0.6 is 0 Å². The third-order valence-corrected chi connectivity index (χ3v) is 4.11. The van der Waals surface area contributed by atoms with E-state index in [-0.39, 0.29) is 0 Å². The maximum absolute atomic E-state index is 5.32. The van der Waals surface area contributed by atoms with Crippen molar-refractivity contribution < 1.29 is 9.47 Å². The van der Waals surface area contributed by atoms with Gasteiger partial charge in [0.05, 0.1) is 14.2 Å². The van der Waals surface area contributed by atoms with Crippen LogP contribution in [0.15, 0.2) is 18.2 Å². The van der Waals surface area contributed by atoms with E-state index in [2.05, 4.69) is 12.2 Å². The molecule has 0 radical (unpaired) electrons. The monoisotopic (exact) mass is 263 g/mol. The first kappa shape index (κ1) is 14.0. The van der Waals surface area contributed by atoms with Crippen molar-refractivity contribution >= 4 is 5.69 Å². The normalized spacial score (nSPS) is 22.9. The van der Waals surface area contributed by atoms with Crippen LogP contribution in [0.2, 0.25) is 0 Å². The number of anilines is 1. The molecule has 0 aromatic heterocycles. The summed E-state index contributed by atoms with van der Waals surface area (Å²) in [4.78, 5) is 0. The van der Waals surface area contributed by atoms with Crippen molar-refractivity contribution in [3.63, 3.8) is 0 Å². The van der Waals surface area contributed by atoms with E-state index in [1.807, 2.05) is 18.2 Å². The van der Waals surface area contributed by atoms with Crippen LogP contribution < -0.4 is 14.8 Å². The lowest BCUT2D eigenvalue weighted by Crippen LogP contribution is -2.20. The molecule has 2 rings (SSSR count). The zero-order chi connectivity index (χ0) is 13.7. The van der Waals surface area contributed by atoms with Gasteiger partial charge in [0.25, 0.3) is 0 Å². The minimum absolute atomic E-state index is 0.777. The van der Waals surface area contributed by atoms with Crippen molar-refractivity contribution in [2.75, 3.05) is 26.1 Å². The van der Waals surface area contributed by atoms with Crippen LogP contribution in [0.5, 0.6) is 11.5 Å². The summed E-state index contributed by atoms with van der Waals surface area (Å²) in [6.45, 7) is 3.42. The highest BCUT2D eigenvalue weighted by molar-refractivity contribution is 5.54. The van der Waals surface area contributed by atoms with Gasteiger partial charge in [-0.2, -0.15) is 0 Å². The van der Waals surface area contributed by atoms with Crippen molar-refractivity contribution in [2.45, 2.75) is 32.6 Å². The summed E-state index contributed by atoms with van der Waals surface area (Å²) in [5.74, 6) is 3.28. The van der Waals surface area contributed by atoms with Crippen molar-refractivity contribution in [3.8, 4) is 11.5 Å². The smallest absolute Gasteiger partial charge is 0.162 e. The van der Waals surface area contributed by atoms with Gasteiger partial charge in [-0.15, -0.1) is 0 Å². The van der Waals surface area contributed by atoms with Gasteiger partial charge in [-0.3, -0.25) is 0 Å². The zero-order valence-electron chi connectivity index (χ0n) is 12.2. The standard InChI is InChI=1S/C16H25NO2/c1-12-4-6-13(7-5-12)11-17-14-8-9-15(18-2)16(10-14)19-3/h8-10,12-13,17H,4-7,11H2,1-3H3. The summed E-state index contributed by atoms with van der Waals surface area (Å²) in [5.41, 5.74) is 1.11. The highest BCUT2D eigenvalue weighted by Gasteiger charge is 2.17. The molecule has 1 N–H and O–H groups in total. The molecule has 1 aliphatic rings. The van der Waals surface area contributed by atoms with Gasteiger partial charge < -0.3 is 14.8 Å². The van der Waals surface area contributed by atoms with Crippen LogP contribution in [0.25, 0.3) is 0 Å². The molecule has 0 atom stereocenters. The van der Waals surface area contributed by atoms with Gasteiger partial charge in [-0.25, -0.2) is 0 Å². The van der Waals surface area contributed by atoms with Gasteiger partial charge in [0.15, 0.2) is 11.5 Å². The summed E-state index contributed by atoms with van der Waals surface area (Å²) in [5, 5.41) is 3.52. The quantitative estimate of drug-likeness (QED) is 0.872. The first-order chi connectivity index (χ1) is 9.22. The second-order valence-electron chi connectivity index (χ2n) is 5.58. The topological polar surface area (TPSA) is 30.5 Å². The Kier molecular flexibility index (Phi) is 4.94. The van der Waals surface area contributed by atoms with Crippen molar-refractivity contribution in [1.29, 1.82) is 0 Å². The van der Waals surface area contributed by atoms with Crippen molar-refractivity contribution in [2.24, 2.45) is 11.8 Å². The zero-order valence-corrected chi connectivity index (χ0v) is 12.2. The Hall–Kier alpha value is -1.38. The van der Waals surface area contributed by atoms with E-state index in [1.54, 1.807) is 14.2 Å². The largest absolute Gasteiger partial charge is 0.493 e. The number of nitrogens with one attached hydrogen (secondary N) is 1. The molecule has 0 aliphatic heterocycles. The molecule has 0 amide bonds. The SMILES string of the molecule is COc1ccc(NCC2CCC(C)CC2)cc1OC. The summed E-state index contributed by atoms with van der Waals surface area (Å²) in [7, 11) is 3.33. The number of ether oxygens (including phenoxy) is 2. The van der Waals surface area contributed by atoms with Crippen molar-refractivity contribution in [3.05, 3.63) is 18.2 Å². The van der Waals surface area contributed by atoms with E-state index in [0.717, 1.165) is 35.6 Å². The summed E-state index contributed by atoms with van der Waals surface area (Å²) >= 11 is 0. The fraction of sp³-hybridized carbons (Fsp3) is 0.625. The number of rotatable bonds is 5. The predicted octanol–water partition coefficient (Wildman–Crippen LogP) is 3.94. The Bertz CT molecular complexity index is 398. The van der Waals surface area contributed by atoms with Gasteiger partial charge in [-0.05, 0) is 36.8 Å². The minimum Gasteiger partial charge on any atom is -0.493 e. The van der Waals surface area contributed by atoms with Crippen LogP contribution in [-0.4, -0.2) is 20.8 Å². The van der Waals surface area contributed by atoms with E-state index in [9.17, 15) is 0 Å². The molecule has 3 heteroatoms. The van der Waals surface area contributed by atoms with E-state index in [4.69, 9.17) is 9.47 Å². The van der Waals surface area contributed by atoms with Gasteiger partial charge >= 0.3 is 0 Å². The van der Waals surface area contributed by atoms with Gasteiger partial charge in [0.2, 0.25) is 0 Å². The number of hydrogen-bond acceptors (Lipinski definition) is 3. The summed E-state index contributed by atoms with van der Waals surface area (Å²) in [6.07, 6.45) is 5.44. The number of hydrogen-bond donors (Lipinski definition) is 1. The predicted molar refractivity (Wildman–Crippen MR) is 79.2 cm³/mol. The molecule has 0 heterocycles. The Labute approximate surface area is 116 Å². The fourth-order valence-electron chi connectivity index (χ4n) is 2.74. The first-order valence-electron chi connectivity index (χ1n) is 7.18. The molecule has 106 valence electrons. The van der Waals surface area contributed by atoms with Crippen LogP contribution in [0, 0.1) is 11.8 Å². The maximum Gasteiger partial charge on any atom is 0.162 e. The van der Waals surface area contributed by atoms with Crippen LogP contribution in [0.3, 0.4) is 0 Å². The van der Waals surface area contributed by atoms with E-state index >= 15 is 0 Å². The molecule has 1 aromatic carbocycles. The maximum atomic E-state index is 5.32. The molecule has 0 spiro atoms. The lowest BCUT2D eigenvalue weighted by molar-refractivity contribution is 0.300. The van der Waals surface area contributed by atoms with E-state index < -0.39 is 0 Å². The lowest BCUT2D eigenvalue weighted by atomic mass is 9.83. The molecule has 1 fully saturated rings. The molecule has 1 aromatic rings. The second kappa shape index (κ2) is 6.69. The Balaban J connectivity index is 1.89. The third-order valence-electron chi connectivity index (χ3n) is 4.11. The average Bonchev–Trinajstić information content (AvgIpc) is 2.46. The molecule has 1 aliphatic carbocycles. The summed E-state index contributed by atoms with van der Waals surface area (Å²) in [6, 6.07) is 6.00. The Morgan fingerprint density at radius 3 is 2.37 bits per heavy atom. The highest BCUT2D eigenvalue weighted by atomic mass is 16.5. The van der Waals surface area contributed by atoms with Crippen LogP contribution in [0.4, 0.5) is 5.69 Å².